The van der Waals surface area contributed by atoms with Gasteiger partial charge in [-0.05, 0) is 31.9 Å². The number of nitrogens with two attached hydrogens (primary N) is 1. The highest BCUT2D eigenvalue weighted by molar-refractivity contribution is 5.95. The summed E-state index contributed by atoms with van der Waals surface area (Å²) in [5, 5.41) is 9.54. The largest absolute Gasteiger partial charge is 0.398 e. The number of aliphatic hydroxyl groups excluding tert-OH is 1. The third kappa shape index (κ3) is 2.46. The first kappa shape index (κ1) is 12.8. The lowest BCUT2D eigenvalue weighted by Crippen LogP contribution is -2.42. The lowest BCUT2D eigenvalue weighted by molar-refractivity contribution is 0.0473. The number of aliphatic hydroxyl groups is 1. The zero-order valence-corrected chi connectivity index (χ0v) is 10.3. The molecule has 1 saturated heterocycles. The Morgan fingerprint density at radius 3 is 2.89 bits per heavy atom. The first-order valence-electron chi connectivity index (χ1n) is 6.02. The van der Waals surface area contributed by atoms with Gasteiger partial charge in [-0.15, -0.1) is 0 Å². The standard InChI is InChI=1S/C13H17FN2O2/c1-8-11(14)5-9(6-12(8)15)13(18)16-4-2-3-10(17)7-16/h5-6,10,17H,2-4,7,15H2,1H3/t10-/m0/s1. The molecule has 1 aromatic carbocycles. The molecule has 0 aromatic heterocycles. The Bertz CT molecular complexity index is 453. The van der Waals surface area contributed by atoms with Crippen molar-refractivity contribution in [3.8, 4) is 0 Å². The van der Waals surface area contributed by atoms with E-state index in [0.717, 1.165) is 6.42 Å². The Kier molecular flexibility index (Phi) is 3.52. The fourth-order valence-electron chi connectivity index (χ4n) is 2.15. The van der Waals surface area contributed by atoms with Gasteiger partial charge in [0.2, 0.25) is 0 Å². The summed E-state index contributed by atoms with van der Waals surface area (Å²) in [6.07, 6.45) is 0.973. The minimum Gasteiger partial charge on any atom is -0.398 e. The molecule has 1 atom stereocenters. The zero-order valence-electron chi connectivity index (χ0n) is 10.3. The van der Waals surface area contributed by atoms with E-state index in [1.165, 1.54) is 17.0 Å². The summed E-state index contributed by atoms with van der Waals surface area (Å²) < 4.78 is 13.5. The molecule has 0 spiro atoms. The molecule has 1 aliphatic rings. The van der Waals surface area contributed by atoms with Gasteiger partial charge in [-0.25, -0.2) is 4.39 Å². The Morgan fingerprint density at radius 1 is 1.56 bits per heavy atom. The molecular formula is C13H17FN2O2. The number of rotatable bonds is 1. The molecule has 5 heteroatoms. The molecule has 4 nitrogen and oxygen atoms in total. The van der Waals surface area contributed by atoms with Crippen molar-refractivity contribution in [2.24, 2.45) is 0 Å². The molecule has 0 aliphatic carbocycles. The maximum absolute atomic E-state index is 13.5. The minimum absolute atomic E-state index is 0.240. The van der Waals surface area contributed by atoms with E-state index in [9.17, 15) is 14.3 Å². The number of nitrogens with zero attached hydrogens (tertiary/aromatic N) is 1. The van der Waals surface area contributed by atoms with Crippen LogP contribution in [0.3, 0.4) is 0 Å². The third-order valence-electron chi connectivity index (χ3n) is 3.32. The van der Waals surface area contributed by atoms with E-state index < -0.39 is 11.9 Å². The average Bonchev–Trinajstić information content (AvgIpc) is 2.34. The second-order valence-electron chi connectivity index (χ2n) is 4.72. The molecule has 0 radical (unpaired) electrons. The second-order valence-corrected chi connectivity index (χ2v) is 4.72. The molecule has 0 unspecified atom stereocenters. The van der Waals surface area contributed by atoms with Crippen molar-refractivity contribution >= 4 is 11.6 Å². The average molecular weight is 252 g/mol. The highest BCUT2D eigenvalue weighted by Crippen LogP contribution is 2.20. The lowest BCUT2D eigenvalue weighted by Gasteiger charge is -2.30. The van der Waals surface area contributed by atoms with Crippen LogP contribution in [0, 0.1) is 12.7 Å². The van der Waals surface area contributed by atoms with Crippen molar-refractivity contribution in [2.75, 3.05) is 18.8 Å². The van der Waals surface area contributed by atoms with Crippen LogP contribution in [0.4, 0.5) is 10.1 Å². The molecule has 1 heterocycles. The van der Waals surface area contributed by atoms with E-state index in [0.29, 0.717) is 25.1 Å². The van der Waals surface area contributed by atoms with Crippen LogP contribution in [0.1, 0.15) is 28.8 Å². The van der Waals surface area contributed by atoms with Crippen LogP contribution in [-0.4, -0.2) is 35.1 Å². The van der Waals surface area contributed by atoms with E-state index in [1.54, 1.807) is 6.92 Å². The van der Waals surface area contributed by atoms with Crippen molar-refractivity contribution in [3.63, 3.8) is 0 Å². The number of carbonyl (C=O) groups excluding carboxylic acids is 1. The van der Waals surface area contributed by atoms with Crippen LogP contribution in [0.5, 0.6) is 0 Å². The number of nitrogen functional groups attached to an aromatic ring is 1. The number of likely N-dealkylation sites (tertiary alicyclic amines) is 1. The summed E-state index contributed by atoms with van der Waals surface area (Å²) in [6.45, 7) is 2.46. The second kappa shape index (κ2) is 4.94. The minimum atomic E-state index is -0.490. The van der Waals surface area contributed by atoms with Crippen LogP contribution in [0.15, 0.2) is 12.1 Å². The van der Waals surface area contributed by atoms with Gasteiger partial charge in [-0.3, -0.25) is 4.79 Å². The van der Waals surface area contributed by atoms with Gasteiger partial charge in [0.15, 0.2) is 0 Å². The third-order valence-corrected chi connectivity index (χ3v) is 3.32. The van der Waals surface area contributed by atoms with Gasteiger partial charge in [0, 0.05) is 29.9 Å². The van der Waals surface area contributed by atoms with E-state index >= 15 is 0 Å². The number of hydrogen-bond donors (Lipinski definition) is 2. The highest BCUT2D eigenvalue weighted by atomic mass is 19.1. The fraction of sp³-hybridized carbons (Fsp3) is 0.462. The summed E-state index contributed by atoms with van der Waals surface area (Å²) in [6, 6.07) is 2.69. The maximum Gasteiger partial charge on any atom is 0.254 e. The van der Waals surface area contributed by atoms with Gasteiger partial charge < -0.3 is 15.7 Å². The van der Waals surface area contributed by atoms with Crippen LogP contribution >= 0.6 is 0 Å². The van der Waals surface area contributed by atoms with Crippen molar-refractivity contribution < 1.29 is 14.3 Å². The Balaban J connectivity index is 2.23. The Hall–Kier alpha value is -1.62. The normalized spacial score (nSPS) is 19.9. The van der Waals surface area contributed by atoms with E-state index in [2.05, 4.69) is 0 Å². The van der Waals surface area contributed by atoms with Crippen molar-refractivity contribution in [3.05, 3.63) is 29.1 Å². The molecule has 3 N–H and O–H groups in total. The van der Waals surface area contributed by atoms with E-state index in [4.69, 9.17) is 5.73 Å². The van der Waals surface area contributed by atoms with Gasteiger partial charge in [-0.1, -0.05) is 0 Å². The van der Waals surface area contributed by atoms with Gasteiger partial charge in [-0.2, -0.15) is 0 Å². The molecule has 18 heavy (non-hydrogen) atoms. The molecule has 0 bridgehead atoms. The molecule has 1 amide bonds. The molecule has 0 saturated carbocycles. The highest BCUT2D eigenvalue weighted by Gasteiger charge is 2.23. The maximum atomic E-state index is 13.5. The SMILES string of the molecule is Cc1c(N)cc(C(=O)N2CCC[C@H](O)C2)cc1F. The van der Waals surface area contributed by atoms with E-state index in [-0.39, 0.29) is 17.2 Å². The summed E-state index contributed by atoms with van der Waals surface area (Å²) >= 11 is 0. The summed E-state index contributed by atoms with van der Waals surface area (Å²) in [7, 11) is 0. The first-order valence-corrected chi connectivity index (χ1v) is 6.02. The molecule has 1 aliphatic heterocycles. The Labute approximate surface area is 105 Å². The van der Waals surface area contributed by atoms with Crippen LogP contribution in [0.25, 0.3) is 0 Å². The lowest BCUT2D eigenvalue weighted by atomic mass is 10.0. The number of anilines is 1. The number of halogens is 1. The predicted octanol–water partition coefficient (Wildman–Crippen LogP) is 1.31. The number of benzene rings is 1. The van der Waals surface area contributed by atoms with Gasteiger partial charge in [0.05, 0.1) is 6.10 Å². The molecular weight excluding hydrogens is 235 g/mol. The monoisotopic (exact) mass is 252 g/mol. The smallest absolute Gasteiger partial charge is 0.254 e. The number of amides is 1. The van der Waals surface area contributed by atoms with Crippen molar-refractivity contribution in [1.29, 1.82) is 0 Å². The summed E-state index contributed by atoms with van der Waals surface area (Å²) in [5.41, 5.74) is 6.52. The summed E-state index contributed by atoms with van der Waals surface area (Å²) in [5.74, 6) is -0.754. The number of carbonyl (C=O) groups is 1. The molecule has 2 rings (SSSR count). The molecule has 1 aromatic rings. The number of piperidine rings is 1. The van der Waals surface area contributed by atoms with Crippen LogP contribution in [-0.2, 0) is 0 Å². The quantitative estimate of drug-likeness (QED) is 0.741. The van der Waals surface area contributed by atoms with Gasteiger partial charge >= 0.3 is 0 Å². The summed E-state index contributed by atoms with van der Waals surface area (Å²) in [4.78, 5) is 13.7. The van der Waals surface area contributed by atoms with E-state index in [1.807, 2.05) is 0 Å². The number of hydrogen-bond acceptors (Lipinski definition) is 3. The molecule has 98 valence electrons. The predicted molar refractivity (Wildman–Crippen MR) is 66.7 cm³/mol. The van der Waals surface area contributed by atoms with Crippen molar-refractivity contribution in [2.45, 2.75) is 25.9 Å². The topological polar surface area (TPSA) is 66.6 Å². The number of β-amino-alcohol motifs (C(OH)–C–C–N with tert-alkyl or cyclic N) is 1. The van der Waals surface area contributed by atoms with Crippen LogP contribution < -0.4 is 5.73 Å². The Morgan fingerprint density at radius 2 is 2.28 bits per heavy atom. The van der Waals surface area contributed by atoms with Crippen molar-refractivity contribution in [1.82, 2.24) is 4.90 Å². The molecule has 1 fully saturated rings. The van der Waals surface area contributed by atoms with Gasteiger partial charge in [0.25, 0.3) is 5.91 Å². The van der Waals surface area contributed by atoms with Crippen LogP contribution in [0.2, 0.25) is 0 Å². The van der Waals surface area contributed by atoms with Gasteiger partial charge in [0.1, 0.15) is 5.82 Å². The first-order chi connectivity index (χ1) is 8.49. The fourth-order valence-corrected chi connectivity index (χ4v) is 2.15. The zero-order chi connectivity index (χ0) is 13.3.